The van der Waals surface area contributed by atoms with Crippen molar-refractivity contribution in [3.63, 3.8) is 0 Å². The maximum absolute atomic E-state index is 5.30. The molecule has 1 aliphatic heterocycles. The lowest BCUT2D eigenvalue weighted by Crippen LogP contribution is -2.36. The van der Waals surface area contributed by atoms with Gasteiger partial charge in [0.2, 0.25) is 0 Å². The fourth-order valence-electron chi connectivity index (χ4n) is 1.76. The first-order valence-corrected chi connectivity index (χ1v) is 5.06. The number of nitrogens with zero attached hydrogens (tertiary/aromatic N) is 4. The van der Waals surface area contributed by atoms with E-state index in [9.17, 15) is 0 Å². The summed E-state index contributed by atoms with van der Waals surface area (Å²) in [5.74, 6) is 0.983. The van der Waals surface area contributed by atoms with Crippen molar-refractivity contribution in [2.24, 2.45) is 0 Å². The molecule has 1 saturated heterocycles. The molecule has 0 N–H and O–H groups in total. The van der Waals surface area contributed by atoms with Crippen molar-refractivity contribution in [3.05, 3.63) is 24.5 Å². The highest BCUT2D eigenvalue weighted by Crippen LogP contribution is 2.14. The fraction of sp³-hybridized carbons (Fsp3) is 0.400. The summed E-state index contributed by atoms with van der Waals surface area (Å²) in [6.45, 7) is 3.37. The minimum atomic E-state index is 0.779. The Kier molecular flexibility index (Phi) is 2.03. The average molecular weight is 204 g/mol. The molecule has 5 nitrogen and oxygen atoms in total. The molecule has 3 rings (SSSR count). The molecular weight excluding hydrogens is 192 g/mol. The number of hydrogen-bond donors (Lipinski definition) is 0. The first-order valence-electron chi connectivity index (χ1n) is 5.06. The van der Waals surface area contributed by atoms with Crippen molar-refractivity contribution in [3.8, 4) is 0 Å². The van der Waals surface area contributed by atoms with E-state index in [-0.39, 0.29) is 0 Å². The summed E-state index contributed by atoms with van der Waals surface area (Å²) in [4.78, 5) is 6.46. The molecule has 0 atom stereocenters. The van der Waals surface area contributed by atoms with Crippen LogP contribution in [0.1, 0.15) is 0 Å². The standard InChI is InChI=1S/C10H12N4O/c1-2-11-9-8-10(12-14(9)3-1)13-4-6-15-7-5-13/h1-3,8H,4-7H2. The Bertz CT molecular complexity index is 428. The van der Waals surface area contributed by atoms with Gasteiger partial charge in [0.1, 0.15) is 0 Å². The van der Waals surface area contributed by atoms with Gasteiger partial charge in [0.05, 0.1) is 13.2 Å². The predicted octanol–water partition coefficient (Wildman–Crippen LogP) is 0.566. The van der Waals surface area contributed by atoms with Crippen LogP contribution in [-0.4, -0.2) is 40.9 Å². The number of rotatable bonds is 1. The van der Waals surface area contributed by atoms with Crippen LogP contribution >= 0.6 is 0 Å². The number of anilines is 1. The van der Waals surface area contributed by atoms with E-state index in [1.54, 1.807) is 10.7 Å². The molecular formula is C10H12N4O. The summed E-state index contributed by atoms with van der Waals surface area (Å²) in [7, 11) is 0. The van der Waals surface area contributed by atoms with Gasteiger partial charge in [-0.1, -0.05) is 0 Å². The Balaban J connectivity index is 1.96. The van der Waals surface area contributed by atoms with Crippen LogP contribution in [0.4, 0.5) is 5.82 Å². The number of ether oxygens (including phenoxy) is 1. The van der Waals surface area contributed by atoms with Crippen LogP contribution < -0.4 is 4.90 Å². The first-order chi connectivity index (χ1) is 7.43. The number of aromatic nitrogens is 3. The van der Waals surface area contributed by atoms with Crippen molar-refractivity contribution in [2.75, 3.05) is 31.2 Å². The van der Waals surface area contributed by atoms with Gasteiger partial charge in [-0.15, -0.1) is 5.10 Å². The zero-order chi connectivity index (χ0) is 10.1. The highest BCUT2D eigenvalue weighted by Gasteiger charge is 2.14. The molecule has 0 saturated carbocycles. The Morgan fingerprint density at radius 3 is 2.93 bits per heavy atom. The maximum atomic E-state index is 5.30. The topological polar surface area (TPSA) is 42.7 Å². The molecule has 1 fully saturated rings. The summed E-state index contributed by atoms with van der Waals surface area (Å²) in [5, 5.41) is 4.46. The lowest BCUT2D eigenvalue weighted by molar-refractivity contribution is 0.122. The summed E-state index contributed by atoms with van der Waals surface area (Å²) in [5.41, 5.74) is 0.888. The molecule has 0 radical (unpaired) electrons. The van der Waals surface area contributed by atoms with E-state index < -0.39 is 0 Å². The van der Waals surface area contributed by atoms with Crippen LogP contribution in [0.2, 0.25) is 0 Å². The second kappa shape index (κ2) is 3.51. The van der Waals surface area contributed by atoms with Crippen molar-refractivity contribution in [1.29, 1.82) is 0 Å². The highest BCUT2D eigenvalue weighted by molar-refractivity contribution is 5.51. The molecule has 0 unspecified atom stereocenters. The van der Waals surface area contributed by atoms with Crippen LogP contribution in [0.25, 0.3) is 5.65 Å². The van der Waals surface area contributed by atoms with E-state index >= 15 is 0 Å². The lowest BCUT2D eigenvalue weighted by atomic mass is 10.4. The SMILES string of the molecule is c1cnc2cc(N3CCOCC3)nn2c1. The quantitative estimate of drug-likeness (QED) is 0.681. The normalized spacial score (nSPS) is 17.2. The van der Waals surface area contributed by atoms with Crippen LogP contribution in [0.15, 0.2) is 24.5 Å². The summed E-state index contributed by atoms with van der Waals surface area (Å²) in [6, 6.07) is 3.88. The molecule has 1 aliphatic rings. The summed E-state index contributed by atoms with van der Waals surface area (Å²) < 4.78 is 7.10. The minimum Gasteiger partial charge on any atom is -0.378 e. The number of fused-ring (bicyclic) bond motifs is 1. The molecule has 3 heterocycles. The zero-order valence-electron chi connectivity index (χ0n) is 8.33. The molecule has 0 amide bonds. The number of hydrogen-bond acceptors (Lipinski definition) is 4. The predicted molar refractivity (Wildman–Crippen MR) is 56.0 cm³/mol. The Morgan fingerprint density at radius 1 is 1.27 bits per heavy atom. The average Bonchev–Trinajstić information content (AvgIpc) is 2.74. The summed E-state index contributed by atoms with van der Waals surface area (Å²) >= 11 is 0. The molecule has 15 heavy (non-hydrogen) atoms. The van der Waals surface area contributed by atoms with Gasteiger partial charge in [-0.25, -0.2) is 9.50 Å². The van der Waals surface area contributed by atoms with Gasteiger partial charge in [-0.2, -0.15) is 0 Å². The smallest absolute Gasteiger partial charge is 0.157 e. The van der Waals surface area contributed by atoms with E-state index in [0.29, 0.717) is 0 Å². The molecule has 5 heteroatoms. The minimum absolute atomic E-state index is 0.779. The molecule has 0 aromatic carbocycles. The molecule has 2 aromatic rings. The first kappa shape index (κ1) is 8.67. The molecule has 0 spiro atoms. The molecule has 2 aromatic heterocycles. The van der Waals surface area contributed by atoms with Crippen LogP contribution in [-0.2, 0) is 4.74 Å². The van der Waals surface area contributed by atoms with Gasteiger partial charge in [0.15, 0.2) is 11.5 Å². The third-order valence-corrected chi connectivity index (χ3v) is 2.56. The zero-order valence-corrected chi connectivity index (χ0v) is 8.33. The van der Waals surface area contributed by atoms with Crippen LogP contribution in [0.3, 0.4) is 0 Å². The Hall–Kier alpha value is -1.62. The van der Waals surface area contributed by atoms with Crippen LogP contribution in [0.5, 0.6) is 0 Å². The number of morpholine rings is 1. The van der Waals surface area contributed by atoms with Crippen molar-refractivity contribution in [2.45, 2.75) is 0 Å². The second-order valence-electron chi connectivity index (χ2n) is 3.52. The van der Waals surface area contributed by atoms with Gasteiger partial charge in [-0.05, 0) is 6.07 Å². The largest absolute Gasteiger partial charge is 0.378 e. The van der Waals surface area contributed by atoms with Gasteiger partial charge in [0, 0.05) is 31.5 Å². The molecule has 78 valence electrons. The molecule has 0 bridgehead atoms. The second-order valence-corrected chi connectivity index (χ2v) is 3.52. The van der Waals surface area contributed by atoms with E-state index in [0.717, 1.165) is 37.8 Å². The Morgan fingerprint density at radius 2 is 2.13 bits per heavy atom. The van der Waals surface area contributed by atoms with E-state index in [1.807, 2.05) is 18.3 Å². The fourth-order valence-corrected chi connectivity index (χ4v) is 1.76. The molecule has 0 aliphatic carbocycles. The highest BCUT2D eigenvalue weighted by atomic mass is 16.5. The van der Waals surface area contributed by atoms with Gasteiger partial charge < -0.3 is 9.64 Å². The van der Waals surface area contributed by atoms with Crippen molar-refractivity contribution >= 4 is 11.5 Å². The van der Waals surface area contributed by atoms with Gasteiger partial charge in [0.25, 0.3) is 0 Å². The van der Waals surface area contributed by atoms with Crippen molar-refractivity contribution < 1.29 is 4.74 Å². The third-order valence-electron chi connectivity index (χ3n) is 2.56. The van der Waals surface area contributed by atoms with Gasteiger partial charge >= 0.3 is 0 Å². The lowest BCUT2D eigenvalue weighted by Gasteiger charge is -2.26. The summed E-state index contributed by atoms with van der Waals surface area (Å²) in [6.07, 6.45) is 3.69. The van der Waals surface area contributed by atoms with E-state index in [1.165, 1.54) is 0 Å². The monoisotopic (exact) mass is 204 g/mol. The van der Waals surface area contributed by atoms with Crippen molar-refractivity contribution in [1.82, 2.24) is 14.6 Å². The van der Waals surface area contributed by atoms with E-state index in [2.05, 4.69) is 15.0 Å². The van der Waals surface area contributed by atoms with Crippen LogP contribution in [0, 0.1) is 0 Å². The maximum Gasteiger partial charge on any atom is 0.157 e. The van der Waals surface area contributed by atoms with E-state index in [4.69, 9.17) is 4.74 Å². The Labute approximate surface area is 87.3 Å². The van der Waals surface area contributed by atoms with Gasteiger partial charge in [-0.3, -0.25) is 0 Å². The third kappa shape index (κ3) is 1.55.